The van der Waals surface area contributed by atoms with Crippen LogP contribution in [0.4, 0.5) is 17.6 Å². The van der Waals surface area contributed by atoms with E-state index in [1.165, 1.54) is 19.1 Å². The molecule has 0 aliphatic carbocycles. The van der Waals surface area contributed by atoms with Crippen LogP contribution < -0.4 is 0 Å². The summed E-state index contributed by atoms with van der Waals surface area (Å²) in [6.45, 7) is 4.95. The second-order valence-corrected chi connectivity index (χ2v) is 6.84. The highest BCUT2D eigenvalue weighted by Gasteiger charge is 2.16. The van der Waals surface area contributed by atoms with E-state index in [-0.39, 0.29) is 11.1 Å². The Labute approximate surface area is 167 Å². The smallest absolute Gasteiger partial charge is 0.166 e. The number of halogens is 4. The third-order valence-corrected chi connectivity index (χ3v) is 4.60. The second-order valence-electron chi connectivity index (χ2n) is 6.84. The van der Waals surface area contributed by atoms with E-state index in [9.17, 15) is 17.6 Å². The van der Waals surface area contributed by atoms with Crippen molar-refractivity contribution >= 4 is 11.7 Å². The topological polar surface area (TPSA) is 0 Å². The monoisotopic (exact) mass is 394 g/mol. The molecule has 0 radical (unpaired) electrons. The summed E-state index contributed by atoms with van der Waals surface area (Å²) in [7, 11) is 0. The summed E-state index contributed by atoms with van der Waals surface area (Å²) in [5.41, 5.74) is 2.56. The summed E-state index contributed by atoms with van der Waals surface area (Å²) in [5.74, 6) is 1.68. The van der Waals surface area contributed by atoms with Gasteiger partial charge in [0.05, 0.1) is 0 Å². The summed E-state index contributed by atoms with van der Waals surface area (Å²) in [5, 5.41) is 0. The molecule has 0 atom stereocenters. The molecule has 0 heterocycles. The fraction of sp³-hybridized carbons (Fsp3) is 0.120. The maximum Gasteiger partial charge on any atom is 0.166 e. The number of hydrogen-bond acceptors (Lipinski definition) is 0. The van der Waals surface area contributed by atoms with Gasteiger partial charge in [-0.1, -0.05) is 35.6 Å². The fourth-order valence-electron chi connectivity index (χ4n) is 2.74. The SMILES string of the molecule is Cc1ccc(C#Cc2ccc(/C(F)=C(\F)c3cc(F)c(C)c(F)c3)cc2C)cc1. The largest absolute Gasteiger partial charge is 0.207 e. The molecule has 0 saturated heterocycles. The van der Waals surface area contributed by atoms with Crippen LogP contribution in [0, 0.1) is 44.2 Å². The normalized spacial score (nSPS) is 11.6. The summed E-state index contributed by atoms with van der Waals surface area (Å²) in [6.07, 6.45) is 0. The van der Waals surface area contributed by atoms with E-state index in [0.717, 1.165) is 23.3 Å². The first-order chi connectivity index (χ1) is 13.8. The van der Waals surface area contributed by atoms with Crippen molar-refractivity contribution in [3.8, 4) is 11.8 Å². The van der Waals surface area contributed by atoms with Crippen molar-refractivity contribution in [3.63, 3.8) is 0 Å². The fourth-order valence-corrected chi connectivity index (χ4v) is 2.74. The maximum absolute atomic E-state index is 14.6. The highest BCUT2D eigenvalue weighted by atomic mass is 19.2. The number of aryl methyl sites for hydroxylation is 2. The van der Waals surface area contributed by atoms with Crippen molar-refractivity contribution in [2.45, 2.75) is 20.8 Å². The lowest BCUT2D eigenvalue weighted by Gasteiger charge is -2.07. The Hall–Kier alpha value is -3.32. The molecule has 3 aromatic rings. The molecule has 3 rings (SSSR count). The zero-order valence-corrected chi connectivity index (χ0v) is 16.2. The molecular formula is C25H18F4. The minimum atomic E-state index is -1.32. The van der Waals surface area contributed by atoms with Gasteiger partial charge in [-0.3, -0.25) is 0 Å². The van der Waals surface area contributed by atoms with Crippen LogP contribution in [-0.4, -0.2) is 0 Å². The lowest BCUT2D eigenvalue weighted by Crippen LogP contribution is -1.93. The molecular weight excluding hydrogens is 376 g/mol. The van der Waals surface area contributed by atoms with Gasteiger partial charge in [-0.25, -0.2) is 17.6 Å². The Morgan fingerprint density at radius 1 is 0.690 bits per heavy atom. The molecule has 0 unspecified atom stereocenters. The van der Waals surface area contributed by atoms with E-state index in [0.29, 0.717) is 11.1 Å². The zero-order chi connectivity index (χ0) is 21.1. The predicted molar refractivity (Wildman–Crippen MR) is 108 cm³/mol. The quantitative estimate of drug-likeness (QED) is 0.248. The molecule has 29 heavy (non-hydrogen) atoms. The average Bonchev–Trinajstić information content (AvgIpc) is 2.70. The number of hydrogen-bond donors (Lipinski definition) is 0. The van der Waals surface area contributed by atoms with Gasteiger partial charge in [0.25, 0.3) is 0 Å². The molecule has 4 heteroatoms. The van der Waals surface area contributed by atoms with Crippen LogP contribution in [0.2, 0.25) is 0 Å². The number of rotatable bonds is 2. The van der Waals surface area contributed by atoms with Crippen LogP contribution in [-0.2, 0) is 0 Å². The zero-order valence-electron chi connectivity index (χ0n) is 16.2. The number of benzene rings is 3. The van der Waals surface area contributed by atoms with Crippen LogP contribution in [0.3, 0.4) is 0 Å². The van der Waals surface area contributed by atoms with Gasteiger partial charge in [0.15, 0.2) is 11.7 Å². The third kappa shape index (κ3) is 4.57. The Kier molecular flexibility index (Phi) is 5.89. The molecule has 0 saturated carbocycles. The molecule has 0 aliphatic rings. The van der Waals surface area contributed by atoms with Crippen molar-refractivity contribution in [2.75, 3.05) is 0 Å². The van der Waals surface area contributed by atoms with Crippen LogP contribution in [0.1, 0.15) is 38.9 Å². The summed E-state index contributed by atoms with van der Waals surface area (Å²) >= 11 is 0. The summed E-state index contributed by atoms with van der Waals surface area (Å²) < 4.78 is 56.4. The summed E-state index contributed by atoms with van der Waals surface area (Å²) in [6, 6.07) is 13.7. The Bertz CT molecular complexity index is 1140. The van der Waals surface area contributed by atoms with E-state index >= 15 is 0 Å². The van der Waals surface area contributed by atoms with Gasteiger partial charge in [0.1, 0.15) is 11.6 Å². The van der Waals surface area contributed by atoms with Crippen LogP contribution in [0.5, 0.6) is 0 Å². The van der Waals surface area contributed by atoms with Gasteiger partial charge in [0.2, 0.25) is 0 Å². The molecule has 0 aliphatic heterocycles. The first-order valence-corrected chi connectivity index (χ1v) is 8.97. The second kappa shape index (κ2) is 8.36. The lowest BCUT2D eigenvalue weighted by molar-refractivity contribution is 0.565. The van der Waals surface area contributed by atoms with Crippen molar-refractivity contribution in [3.05, 3.63) is 105 Å². The molecule has 3 aromatic carbocycles. The Morgan fingerprint density at radius 2 is 1.28 bits per heavy atom. The molecule has 146 valence electrons. The van der Waals surface area contributed by atoms with E-state index in [1.807, 2.05) is 31.2 Å². The first-order valence-electron chi connectivity index (χ1n) is 8.97. The van der Waals surface area contributed by atoms with E-state index in [1.54, 1.807) is 13.0 Å². The van der Waals surface area contributed by atoms with E-state index < -0.39 is 28.9 Å². The van der Waals surface area contributed by atoms with Crippen LogP contribution >= 0.6 is 0 Å². The Morgan fingerprint density at radius 3 is 1.86 bits per heavy atom. The minimum absolute atomic E-state index is 0.0257. The predicted octanol–water partition coefficient (Wildman–Crippen LogP) is 7.05. The molecule has 0 nitrogen and oxygen atoms in total. The van der Waals surface area contributed by atoms with Gasteiger partial charge in [-0.2, -0.15) is 0 Å². The highest BCUT2D eigenvalue weighted by Crippen LogP contribution is 2.31. The van der Waals surface area contributed by atoms with Crippen molar-refractivity contribution < 1.29 is 17.6 Å². The van der Waals surface area contributed by atoms with Gasteiger partial charge in [0, 0.05) is 27.8 Å². The van der Waals surface area contributed by atoms with Crippen molar-refractivity contribution in [1.29, 1.82) is 0 Å². The Balaban J connectivity index is 1.93. The average molecular weight is 394 g/mol. The van der Waals surface area contributed by atoms with Crippen molar-refractivity contribution in [2.24, 2.45) is 0 Å². The molecule has 0 bridgehead atoms. The maximum atomic E-state index is 14.6. The van der Waals surface area contributed by atoms with Gasteiger partial charge in [-0.05, 0) is 62.7 Å². The van der Waals surface area contributed by atoms with Gasteiger partial charge >= 0.3 is 0 Å². The van der Waals surface area contributed by atoms with E-state index in [4.69, 9.17) is 0 Å². The van der Waals surface area contributed by atoms with E-state index in [2.05, 4.69) is 11.8 Å². The van der Waals surface area contributed by atoms with Crippen LogP contribution in [0.25, 0.3) is 11.7 Å². The molecule has 0 fully saturated rings. The lowest BCUT2D eigenvalue weighted by atomic mass is 10.0. The van der Waals surface area contributed by atoms with Crippen LogP contribution in [0.15, 0.2) is 54.6 Å². The molecule has 0 N–H and O–H groups in total. The van der Waals surface area contributed by atoms with Gasteiger partial charge in [-0.15, -0.1) is 0 Å². The molecule has 0 amide bonds. The third-order valence-electron chi connectivity index (χ3n) is 4.60. The molecule has 0 spiro atoms. The minimum Gasteiger partial charge on any atom is -0.207 e. The highest BCUT2D eigenvalue weighted by molar-refractivity contribution is 5.83. The van der Waals surface area contributed by atoms with Crippen molar-refractivity contribution in [1.82, 2.24) is 0 Å². The molecule has 0 aromatic heterocycles. The summed E-state index contributed by atoms with van der Waals surface area (Å²) in [4.78, 5) is 0. The van der Waals surface area contributed by atoms with Gasteiger partial charge < -0.3 is 0 Å². The first kappa shape index (κ1) is 20.4. The standard InChI is InChI=1S/C25H18F4/c1-15-4-6-18(7-5-15)8-9-19-10-11-20(12-16(19)2)24(28)25(29)21-13-22(26)17(3)23(27)14-21/h4-7,10-14H,1-3H3/b25-24+.